The quantitative estimate of drug-likeness (QED) is 0.811. The van der Waals surface area contributed by atoms with Gasteiger partial charge >= 0.3 is 0 Å². The van der Waals surface area contributed by atoms with Gasteiger partial charge in [-0.25, -0.2) is 0 Å². The fraction of sp³-hybridized carbons (Fsp3) is 0.647. The molecule has 1 fully saturated rings. The van der Waals surface area contributed by atoms with Gasteiger partial charge < -0.3 is 10.1 Å². The van der Waals surface area contributed by atoms with Crippen molar-refractivity contribution in [1.29, 1.82) is 0 Å². The van der Waals surface area contributed by atoms with Gasteiger partial charge in [-0.1, -0.05) is 41.9 Å². The number of ether oxygens (including phenoxy) is 1. The summed E-state index contributed by atoms with van der Waals surface area (Å²) < 4.78 is 6.49. The van der Waals surface area contributed by atoms with Crippen molar-refractivity contribution in [1.82, 2.24) is 10.2 Å². The van der Waals surface area contributed by atoms with Crippen molar-refractivity contribution >= 4 is 15.9 Å². The van der Waals surface area contributed by atoms with Gasteiger partial charge in [-0.3, -0.25) is 4.90 Å². The molecule has 0 bridgehead atoms. The number of benzene rings is 1. The average molecular weight is 355 g/mol. The Morgan fingerprint density at radius 3 is 2.90 bits per heavy atom. The standard InChI is InChI=1S/C17H27BrN2O/c1-13(2)19-9-14-4-5-16(17(18)8-14)11-20-7-6-15(10-20)12-21-3/h4-5,8,13,15,19H,6-7,9-12H2,1-3H3. The zero-order valence-electron chi connectivity index (χ0n) is 13.4. The highest BCUT2D eigenvalue weighted by Crippen LogP contribution is 2.24. The number of likely N-dealkylation sites (tertiary alicyclic amines) is 1. The van der Waals surface area contributed by atoms with Crippen LogP contribution in [0.4, 0.5) is 0 Å². The first-order valence-electron chi connectivity index (χ1n) is 7.80. The van der Waals surface area contributed by atoms with Gasteiger partial charge in [-0.2, -0.15) is 0 Å². The van der Waals surface area contributed by atoms with E-state index in [1.165, 1.54) is 28.6 Å². The van der Waals surface area contributed by atoms with Crippen LogP contribution < -0.4 is 5.32 Å². The first-order valence-corrected chi connectivity index (χ1v) is 8.59. The first kappa shape index (κ1) is 16.9. The largest absolute Gasteiger partial charge is 0.384 e. The highest BCUT2D eigenvalue weighted by molar-refractivity contribution is 9.10. The minimum Gasteiger partial charge on any atom is -0.384 e. The lowest BCUT2D eigenvalue weighted by Crippen LogP contribution is -2.22. The molecule has 1 N–H and O–H groups in total. The fourth-order valence-electron chi connectivity index (χ4n) is 2.82. The lowest BCUT2D eigenvalue weighted by atomic mass is 10.1. The van der Waals surface area contributed by atoms with Crippen molar-refractivity contribution in [2.24, 2.45) is 5.92 Å². The highest BCUT2D eigenvalue weighted by Gasteiger charge is 2.22. The lowest BCUT2D eigenvalue weighted by molar-refractivity contribution is 0.152. The zero-order valence-corrected chi connectivity index (χ0v) is 14.9. The fourth-order valence-corrected chi connectivity index (χ4v) is 3.37. The van der Waals surface area contributed by atoms with Crippen molar-refractivity contribution < 1.29 is 4.74 Å². The summed E-state index contributed by atoms with van der Waals surface area (Å²) in [6, 6.07) is 7.25. The van der Waals surface area contributed by atoms with Crippen LogP contribution in [0.2, 0.25) is 0 Å². The Labute approximate surface area is 137 Å². The van der Waals surface area contributed by atoms with E-state index in [0.29, 0.717) is 12.0 Å². The van der Waals surface area contributed by atoms with Crippen molar-refractivity contribution in [2.45, 2.75) is 39.4 Å². The molecule has 0 amide bonds. The number of rotatable bonds is 7. The Morgan fingerprint density at radius 1 is 1.43 bits per heavy atom. The predicted octanol–water partition coefficient (Wildman–Crippen LogP) is 3.42. The first-order chi connectivity index (χ1) is 10.1. The monoisotopic (exact) mass is 354 g/mol. The minimum atomic E-state index is 0.519. The number of hydrogen-bond donors (Lipinski definition) is 1. The third-order valence-electron chi connectivity index (χ3n) is 4.00. The van der Waals surface area contributed by atoms with Crippen LogP contribution in [-0.4, -0.2) is 37.7 Å². The summed E-state index contributed by atoms with van der Waals surface area (Å²) in [5.41, 5.74) is 2.71. The van der Waals surface area contributed by atoms with Crippen molar-refractivity contribution in [3.63, 3.8) is 0 Å². The average Bonchev–Trinajstić information content (AvgIpc) is 2.87. The van der Waals surface area contributed by atoms with E-state index in [9.17, 15) is 0 Å². The van der Waals surface area contributed by atoms with Crippen LogP contribution >= 0.6 is 15.9 Å². The van der Waals surface area contributed by atoms with E-state index in [1.807, 2.05) is 0 Å². The Balaban J connectivity index is 1.89. The molecule has 1 aliphatic rings. The van der Waals surface area contributed by atoms with E-state index >= 15 is 0 Å². The normalized spacial score (nSPS) is 19.6. The van der Waals surface area contributed by atoms with Gasteiger partial charge in [0.05, 0.1) is 6.61 Å². The van der Waals surface area contributed by atoms with E-state index in [1.54, 1.807) is 7.11 Å². The highest BCUT2D eigenvalue weighted by atomic mass is 79.9. The number of methoxy groups -OCH3 is 1. The molecule has 118 valence electrons. The SMILES string of the molecule is COCC1CCN(Cc2ccc(CNC(C)C)cc2Br)C1. The number of nitrogens with one attached hydrogen (secondary N) is 1. The van der Waals surface area contributed by atoms with Gasteiger partial charge in [0.25, 0.3) is 0 Å². The third-order valence-corrected chi connectivity index (χ3v) is 4.74. The molecule has 0 saturated carbocycles. The second kappa shape index (κ2) is 8.28. The number of hydrogen-bond acceptors (Lipinski definition) is 3. The van der Waals surface area contributed by atoms with Crippen molar-refractivity contribution in [3.05, 3.63) is 33.8 Å². The van der Waals surface area contributed by atoms with Gasteiger partial charge in [-0.15, -0.1) is 0 Å². The van der Waals surface area contributed by atoms with E-state index < -0.39 is 0 Å². The van der Waals surface area contributed by atoms with Crippen LogP contribution in [0.5, 0.6) is 0 Å². The topological polar surface area (TPSA) is 24.5 Å². The van der Waals surface area contributed by atoms with Crippen LogP contribution in [0, 0.1) is 5.92 Å². The maximum Gasteiger partial charge on any atom is 0.0503 e. The van der Waals surface area contributed by atoms with Gasteiger partial charge in [0.2, 0.25) is 0 Å². The Kier molecular flexibility index (Phi) is 6.68. The number of halogens is 1. The number of nitrogens with zero attached hydrogens (tertiary/aromatic N) is 1. The van der Waals surface area contributed by atoms with Crippen LogP contribution in [0.1, 0.15) is 31.4 Å². The summed E-state index contributed by atoms with van der Waals surface area (Å²) >= 11 is 3.73. The van der Waals surface area contributed by atoms with Crippen molar-refractivity contribution in [3.8, 4) is 0 Å². The molecule has 1 aromatic carbocycles. The van der Waals surface area contributed by atoms with E-state index in [4.69, 9.17) is 4.74 Å². The summed E-state index contributed by atoms with van der Waals surface area (Å²) in [6.07, 6.45) is 1.25. The van der Waals surface area contributed by atoms with E-state index in [0.717, 1.165) is 26.2 Å². The van der Waals surface area contributed by atoms with Crippen LogP contribution in [-0.2, 0) is 17.8 Å². The Bertz CT molecular complexity index is 450. The molecule has 0 radical (unpaired) electrons. The molecule has 4 heteroatoms. The minimum absolute atomic E-state index is 0.519. The summed E-state index contributed by atoms with van der Waals surface area (Å²) in [4.78, 5) is 2.52. The summed E-state index contributed by atoms with van der Waals surface area (Å²) in [5, 5.41) is 3.46. The molecule has 0 aliphatic carbocycles. The predicted molar refractivity (Wildman–Crippen MR) is 91.4 cm³/mol. The summed E-state index contributed by atoms with van der Waals surface area (Å²) in [5.74, 6) is 0.697. The lowest BCUT2D eigenvalue weighted by Gasteiger charge is -2.17. The summed E-state index contributed by atoms with van der Waals surface area (Å²) in [7, 11) is 1.79. The Hall–Kier alpha value is -0.420. The zero-order chi connectivity index (χ0) is 15.2. The third kappa shape index (κ3) is 5.37. The molecule has 1 saturated heterocycles. The van der Waals surface area contributed by atoms with E-state index in [2.05, 4.69) is 58.2 Å². The van der Waals surface area contributed by atoms with Crippen LogP contribution in [0.25, 0.3) is 0 Å². The van der Waals surface area contributed by atoms with Crippen LogP contribution in [0.15, 0.2) is 22.7 Å². The second-order valence-electron chi connectivity index (χ2n) is 6.31. The Morgan fingerprint density at radius 2 is 2.24 bits per heavy atom. The molecule has 21 heavy (non-hydrogen) atoms. The molecular formula is C17H27BrN2O. The second-order valence-corrected chi connectivity index (χ2v) is 7.16. The van der Waals surface area contributed by atoms with E-state index in [-0.39, 0.29) is 0 Å². The molecule has 1 aromatic rings. The molecule has 2 rings (SSSR count). The van der Waals surface area contributed by atoms with Gasteiger partial charge in [0.1, 0.15) is 0 Å². The van der Waals surface area contributed by atoms with Crippen LogP contribution in [0.3, 0.4) is 0 Å². The maximum absolute atomic E-state index is 5.27. The molecule has 0 spiro atoms. The molecule has 1 heterocycles. The summed E-state index contributed by atoms with van der Waals surface area (Å²) in [6.45, 7) is 9.51. The molecule has 0 aromatic heterocycles. The molecule has 1 unspecified atom stereocenters. The van der Waals surface area contributed by atoms with Gasteiger partial charge in [0, 0.05) is 37.3 Å². The molecule has 1 aliphatic heterocycles. The molecule has 3 nitrogen and oxygen atoms in total. The van der Waals surface area contributed by atoms with Gasteiger partial charge in [0.15, 0.2) is 0 Å². The maximum atomic E-state index is 5.27. The smallest absolute Gasteiger partial charge is 0.0503 e. The van der Waals surface area contributed by atoms with Crippen molar-refractivity contribution in [2.75, 3.05) is 26.8 Å². The molecule has 1 atom stereocenters. The van der Waals surface area contributed by atoms with Gasteiger partial charge in [-0.05, 0) is 36.1 Å². The molecular weight excluding hydrogens is 328 g/mol.